The van der Waals surface area contributed by atoms with Gasteiger partial charge in [0.1, 0.15) is 0 Å². The van der Waals surface area contributed by atoms with Crippen molar-refractivity contribution in [2.24, 2.45) is 5.14 Å². The van der Waals surface area contributed by atoms with Crippen LogP contribution in [0.3, 0.4) is 0 Å². The lowest BCUT2D eigenvalue weighted by atomic mass is 10.3. The summed E-state index contributed by atoms with van der Waals surface area (Å²) in [7, 11) is -3.79. The molecule has 1 heterocycles. The van der Waals surface area contributed by atoms with Gasteiger partial charge in [-0.1, -0.05) is 11.8 Å². The summed E-state index contributed by atoms with van der Waals surface area (Å²) in [5.74, 6) is -0.565. The van der Waals surface area contributed by atoms with Crippen molar-refractivity contribution in [3.63, 3.8) is 0 Å². The second-order valence-corrected chi connectivity index (χ2v) is 6.74. The van der Waals surface area contributed by atoms with Crippen molar-refractivity contribution < 1.29 is 13.2 Å². The number of aromatic nitrogens is 3. The van der Waals surface area contributed by atoms with Crippen LogP contribution in [0.4, 0.5) is 5.69 Å². The molecule has 0 atom stereocenters. The maximum Gasteiger partial charge on any atom is 0.342 e. The number of carbonyl (C=O) groups excluding carboxylic acids is 1. The van der Waals surface area contributed by atoms with Crippen LogP contribution in [0.1, 0.15) is 0 Å². The Morgan fingerprint density at radius 2 is 1.91 bits per heavy atom. The third-order valence-electron chi connectivity index (χ3n) is 2.49. The number of thioether (sulfide) groups is 1. The van der Waals surface area contributed by atoms with Gasteiger partial charge >= 0.3 is 5.69 Å². The standard InChI is InChI=1S/C11H11N5O5S2/c12-23(20,21)7-3-1-6(2-4-7)13-8(17)5-22-10-9(18)14-11(19)16-15-10/h1-4H,5H2,(H,13,17)(H2,12,20,21)(H2,14,16,18,19). The quantitative estimate of drug-likeness (QED) is 0.489. The number of nitrogens with zero attached hydrogens (tertiary/aromatic N) is 1. The third-order valence-corrected chi connectivity index (χ3v) is 4.37. The van der Waals surface area contributed by atoms with Crippen molar-refractivity contribution in [3.8, 4) is 0 Å². The van der Waals surface area contributed by atoms with Crippen LogP contribution in [-0.2, 0) is 14.8 Å². The topological polar surface area (TPSA) is 168 Å². The van der Waals surface area contributed by atoms with Gasteiger partial charge in [-0.3, -0.25) is 14.6 Å². The minimum Gasteiger partial charge on any atom is -0.325 e. The van der Waals surface area contributed by atoms with Crippen molar-refractivity contribution in [2.75, 3.05) is 11.1 Å². The lowest BCUT2D eigenvalue weighted by Crippen LogP contribution is -2.25. The lowest BCUT2D eigenvalue weighted by molar-refractivity contribution is -0.113. The van der Waals surface area contributed by atoms with E-state index in [0.717, 1.165) is 11.8 Å². The third kappa shape index (κ3) is 4.77. The highest BCUT2D eigenvalue weighted by Gasteiger charge is 2.10. The molecule has 23 heavy (non-hydrogen) atoms. The van der Waals surface area contributed by atoms with E-state index in [1.54, 1.807) is 0 Å². The molecule has 122 valence electrons. The number of nitrogens with one attached hydrogen (secondary N) is 3. The van der Waals surface area contributed by atoms with Gasteiger partial charge < -0.3 is 5.32 Å². The summed E-state index contributed by atoms with van der Waals surface area (Å²) in [6.07, 6.45) is 0. The molecule has 1 aromatic carbocycles. The molecule has 5 N–H and O–H groups in total. The number of hydrogen-bond acceptors (Lipinski definition) is 7. The summed E-state index contributed by atoms with van der Waals surface area (Å²) in [6, 6.07) is 5.28. The Labute approximate surface area is 133 Å². The molecule has 0 spiro atoms. The van der Waals surface area contributed by atoms with Crippen LogP contribution in [0, 0.1) is 0 Å². The molecule has 0 saturated carbocycles. The fraction of sp³-hybridized carbons (Fsp3) is 0.0909. The summed E-state index contributed by atoms with van der Waals surface area (Å²) in [6.45, 7) is 0. The maximum atomic E-state index is 11.8. The first-order valence-corrected chi connectivity index (χ1v) is 8.53. The molecule has 10 nitrogen and oxygen atoms in total. The van der Waals surface area contributed by atoms with E-state index in [0.29, 0.717) is 5.69 Å². The van der Waals surface area contributed by atoms with Crippen LogP contribution in [0.2, 0.25) is 0 Å². The first-order chi connectivity index (χ1) is 10.8. The first kappa shape index (κ1) is 16.9. The Hall–Kier alpha value is -2.44. The van der Waals surface area contributed by atoms with E-state index in [2.05, 4.69) is 15.5 Å². The van der Waals surface area contributed by atoms with E-state index in [9.17, 15) is 22.8 Å². The molecule has 2 aromatic rings. The van der Waals surface area contributed by atoms with E-state index in [1.807, 2.05) is 4.98 Å². The average Bonchev–Trinajstić information content (AvgIpc) is 2.46. The van der Waals surface area contributed by atoms with Gasteiger partial charge in [0.2, 0.25) is 15.9 Å². The zero-order chi connectivity index (χ0) is 17.0. The van der Waals surface area contributed by atoms with Crippen LogP contribution < -0.4 is 21.7 Å². The van der Waals surface area contributed by atoms with Gasteiger partial charge in [-0.2, -0.15) is 5.10 Å². The fourth-order valence-electron chi connectivity index (χ4n) is 1.49. The highest BCUT2D eigenvalue weighted by atomic mass is 32.2. The number of nitrogens with two attached hydrogens (primary N) is 1. The number of benzene rings is 1. The van der Waals surface area contributed by atoms with E-state index in [4.69, 9.17) is 5.14 Å². The highest BCUT2D eigenvalue weighted by Crippen LogP contribution is 2.14. The van der Waals surface area contributed by atoms with Gasteiger partial charge in [0, 0.05) is 5.69 Å². The predicted molar refractivity (Wildman–Crippen MR) is 82.6 cm³/mol. The largest absolute Gasteiger partial charge is 0.342 e. The monoisotopic (exact) mass is 357 g/mol. The molecule has 0 fully saturated rings. The van der Waals surface area contributed by atoms with Gasteiger partial charge in [0.05, 0.1) is 10.6 Å². The average molecular weight is 357 g/mol. The van der Waals surface area contributed by atoms with Crippen molar-refractivity contribution in [1.82, 2.24) is 15.2 Å². The Kier molecular flexibility index (Phi) is 4.98. The Morgan fingerprint density at radius 1 is 1.26 bits per heavy atom. The lowest BCUT2D eigenvalue weighted by Gasteiger charge is -2.05. The van der Waals surface area contributed by atoms with Gasteiger partial charge in [-0.15, -0.1) is 0 Å². The molecule has 1 aromatic heterocycles. The van der Waals surface area contributed by atoms with Crippen molar-refractivity contribution >= 4 is 33.4 Å². The molecule has 0 aliphatic rings. The molecule has 0 aliphatic heterocycles. The second kappa shape index (κ2) is 6.76. The molecular weight excluding hydrogens is 346 g/mol. The molecule has 0 unspecified atom stereocenters. The summed E-state index contributed by atoms with van der Waals surface area (Å²) < 4.78 is 22.2. The number of rotatable bonds is 5. The fourth-order valence-corrected chi connectivity index (χ4v) is 2.64. The first-order valence-electron chi connectivity index (χ1n) is 6.00. The van der Waals surface area contributed by atoms with Gasteiger partial charge in [-0.05, 0) is 24.3 Å². The van der Waals surface area contributed by atoms with Gasteiger partial charge in [0.15, 0.2) is 5.03 Å². The number of hydrogen-bond donors (Lipinski definition) is 4. The van der Waals surface area contributed by atoms with E-state index >= 15 is 0 Å². The molecular formula is C11H11N5O5S2. The number of sulfonamides is 1. The minimum atomic E-state index is -3.79. The van der Waals surface area contributed by atoms with Gasteiger partial charge in [0.25, 0.3) is 5.56 Å². The number of aromatic amines is 2. The molecule has 0 bridgehead atoms. The number of amides is 1. The summed E-state index contributed by atoms with van der Waals surface area (Å²) in [4.78, 5) is 35.9. The Morgan fingerprint density at radius 3 is 2.48 bits per heavy atom. The van der Waals surface area contributed by atoms with Crippen LogP contribution >= 0.6 is 11.8 Å². The van der Waals surface area contributed by atoms with E-state index in [1.165, 1.54) is 24.3 Å². The zero-order valence-corrected chi connectivity index (χ0v) is 13.0. The summed E-state index contributed by atoms with van der Waals surface area (Å²) >= 11 is 0.838. The minimum absolute atomic E-state index is 0.0516. The Bertz CT molecular complexity index is 932. The smallest absolute Gasteiger partial charge is 0.325 e. The van der Waals surface area contributed by atoms with Crippen LogP contribution in [-0.4, -0.2) is 35.3 Å². The molecule has 0 saturated heterocycles. The summed E-state index contributed by atoms with van der Waals surface area (Å²) in [5, 5.41) is 13.0. The molecule has 0 aliphatic carbocycles. The molecule has 0 radical (unpaired) electrons. The number of anilines is 1. The Balaban J connectivity index is 1.97. The maximum absolute atomic E-state index is 11.8. The predicted octanol–water partition coefficient (Wildman–Crippen LogP) is -1.16. The van der Waals surface area contributed by atoms with Gasteiger partial charge in [-0.25, -0.2) is 23.4 Å². The second-order valence-electron chi connectivity index (χ2n) is 4.22. The zero-order valence-electron chi connectivity index (χ0n) is 11.4. The van der Waals surface area contributed by atoms with Crippen LogP contribution in [0.25, 0.3) is 0 Å². The molecule has 1 amide bonds. The highest BCUT2D eigenvalue weighted by molar-refractivity contribution is 7.99. The van der Waals surface area contributed by atoms with Crippen molar-refractivity contribution in [1.29, 1.82) is 0 Å². The van der Waals surface area contributed by atoms with Crippen molar-refractivity contribution in [3.05, 3.63) is 45.1 Å². The molecule has 2 rings (SSSR count). The normalized spacial score (nSPS) is 11.2. The van der Waals surface area contributed by atoms with E-state index < -0.39 is 27.2 Å². The number of H-pyrrole nitrogens is 2. The van der Waals surface area contributed by atoms with Crippen LogP contribution in [0.5, 0.6) is 0 Å². The SMILES string of the molecule is NS(=O)(=O)c1ccc(NC(=O)CSc2n[nH]c(=O)[nH]c2=O)cc1. The number of primary sulfonamides is 1. The number of carbonyl (C=O) groups is 1. The summed E-state index contributed by atoms with van der Waals surface area (Å²) in [5.41, 5.74) is -1.06. The van der Waals surface area contributed by atoms with E-state index in [-0.39, 0.29) is 15.7 Å². The molecule has 12 heteroatoms. The van der Waals surface area contributed by atoms with Crippen molar-refractivity contribution in [2.45, 2.75) is 9.92 Å². The van der Waals surface area contributed by atoms with Crippen LogP contribution in [0.15, 0.2) is 43.8 Å².